The molecule has 0 N–H and O–H groups in total. The molecule has 2 rings (SSSR count). The van der Waals surface area contributed by atoms with Gasteiger partial charge in [-0.15, -0.1) is 0 Å². The van der Waals surface area contributed by atoms with E-state index in [0.717, 1.165) is 54.4 Å². The van der Waals surface area contributed by atoms with Gasteiger partial charge in [0.15, 0.2) is 11.4 Å². The Hall–Kier alpha value is -0.940. The maximum absolute atomic E-state index is 11.1. The highest BCUT2D eigenvalue weighted by Crippen LogP contribution is 2.30. The molecule has 1 fully saturated rings. The van der Waals surface area contributed by atoms with Crippen LogP contribution in [-0.2, 0) is 11.2 Å². The lowest BCUT2D eigenvalue weighted by atomic mass is 10.1. The lowest BCUT2D eigenvalue weighted by Gasteiger charge is -2.38. The van der Waals surface area contributed by atoms with Gasteiger partial charge < -0.3 is 9.64 Å². The first-order chi connectivity index (χ1) is 9.19. The predicted molar refractivity (Wildman–Crippen MR) is 78.3 cm³/mol. The average molecular weight is 282 g/mol. The number of hydrogen-bond acceptors (Lipinski definition) is 5. The van der Waals surface area contributed by atoms with E-state index in [0.29, 0.717) is 6.04 Å². The monoisotopic (exact) mass is 282 g/mol. The van der Waals surface area contributed by atoms with Crippen LogP contribution >= 0.6 is 11.3 Å². The third-order valence-corrected chi connectivity index (χ3v) is 4.55. The van der Waals surface area contributed by atoms with Crippen molar-refractivity contribution in [3.8, 4) is 0 Å². The number of ether oxygens (including phenoxy) is 1. The minimum Gasteiger partial charge on any atom is -0.375 e. The molecule has 0 amide bonds. The van der Waals surface area contributed by atoms with Gasteiger partial charge >= 0.3 is 0 Å². The quantitative estimate of drug-likeness (QED) is 0.779. The number of aromatic nitrogens is 1. The van der Waals surface area contributed by atoms with Gasteiger partial charge in [-0.05, 0) is 19.8 Å². The Kier molecular flexibility index (Phi) is 4.93. The molecule has 0 saturated carbocycles. The summed E-state index contributed by atoms with van der Waals surface area (Å²) in [6.45, 7) is 7.96. The van der Waals surface area contributed by atoms with Crippen LogP contribution in [-0.4, -0.2) is 36.6 Å². The zero-order valence-electron chi connectivity index (χ0n) is 11.9. The van der Waals surface area contributed by atoms with E-state index in [1.165, 1.54) is 11.3 Å². The van der Waals surface area contributed by atoms with Crippen molar-refractivity contribution in [1.29, 1.82) is 0 Å². The van der Waals surface area contributed by atoms with Crippen molar-refractivity contribution in [2.75, 3.05) is 18.1 Å². The summed E-state index contributed by atoms with van der Waals surface area (Å²) in [7, 11) is 0. The normalized spacial score (nSPS) is 23.6. The molecule has 19 heavy (non-hydrogen) atoms. The molecule has 5 heteroatoms. The van der Waals surface area contributed by atoms with Crippen LogP contribution in [0.3, 0.4) is 0 Å². The van der Waals surface area contributed by atoms with Crippen molar-refractivity contribution >= 4 is 22.8 Å². The summed E-state index contributed by atoms with van der Waals surface area (Å²) in [6, 6.07) is 0.372. The molecule has 1 saturated heterocycles. The Balaban J connectivity index is 2.25. The van der Waals surface area contributed by atoms with E-state index in [-0.39, 0.29) is 6.10 Å². The van der Waals surface area contributed by atoms with Crippen molar-refractivity contribution < 1.29 is 9.53 Å². The Bertz CT molecular complexity index is 433. The summed E-state index contributed by atoms with van der Waals surface area (Å²) in [5, 5.41) is 0.979. The lowest BCUT2D eigenvalue weighted by molar-refractivity contribution is 0.0299. The number of thiazole rings is 1. The zero-order chi connectivity index (χ0) is 13.8. The molecular weight excluding hydrogens is 260 g/mol. The Labute approximate surface area is 118 Å². The van der Waals surface area contributed by atoms with E-state index in [1.807, 2.05) is 0 Å². The van der Waals surface area contributed by atoms with Gasteiger partial charge in [0.25, 0.3) is 0 Å². The first-order valence-electron chi connectivity index (χ1n) is 7.02. The second-order valence-corrected chi connectivity index (χ2v) is 6.04. The Morgan fingerprint density at radius 2 is 2.32 bits per heavy atom. The van der Waals surface area contributed by atoms with E-state index in [2.05, 4.69) is 30.7 Å². The molecule has 1 aromatic rings. The van der Waals surface area contributed by atoms with Gasteiger partial charge in [-0.25, -0.2) is 4.98 Å². The highest BCUT2D eigenvalue weighted by molar-refractivity contribution is 7.17. The summed E-state index contributed by atoms with van der Waals surface area (Å²) in [4.78, 5) is 18.9. The maximum Gasteiger partial charge on any atom is 0.186 e. The van der Waals surface area contributed by atoms with Crippen LogP contribution in [0.25, 0.3) is 0 Å². The van der Waals surface area contributed by atoms with Gasteiger partial charge in [-0.1, -0.05) is 31.6 Å². The molecule has 1 aliphatic heterocycles. The van der Waals surface area contributed by atoms with Crippen molar-refractivity contribution in [1.82, 2.24) is 4.98 Å². The molecule has 0 aliphatic carbocycles. The molecule has 0 bridgehead atoms. The highest BCUT2D eigenvalue weighted by atomic mass is 32.1. The number of nitrogens with zero attached hydrogens (tertiary/aromatic N) is 2. The standard InChI is InChI=1S/C14H22N2O2S/c1-4-6-12-13(8-17)19-14(15-12)16-7-10(3)18-9-11(16)5-2/h8,10-11H,4-7,9H2,1-3H3. The van der Waals surface area contributed by atoms with Gasteiger partial charge in [0.1, 0.15) is 0 Å². The van der Waals surface area contributed by atoms with Crippen LogP contribution in [0.2, 0.25) is 0 Å². The summed E-state index contributed by atoms with van der Waals surface area (Å²) in [5.41, 5.74) is 0.950. The highest BCUT2D eigenvalue weighted by Gasteiger charge is 2.28. The topological polar surface area (TPSA) is 42.4 Å². The summed E-state index contributed by atoms with van der Waals surface area (Å²) in [6.07, 6.45) is 4.09. The van der Waals surface area contributed by atoms with E-state index in [9.17, 15) is 4.79 Å². The molecular formula is C14H22N2O2S. The van der Waals surface area contributed by atoms with Crippen molar-refractivity contribution in [3.05, 3.63) is 10.6 Å². The Morgan fingerprint density at radius 3 is 2.95 bits per heavy atom. The fourth-order valence-electron chi connectivity index (χ4n) is 2.40. The van der Waals surface area contributed by atoms with Crippen LogP contribution in [0.1, 0.15) is 49.0 Å². The summed E-state index contributed by atoms with van der Waals surface area (Å²) in [5.74, 6) is 0. The lowest BCUT2D eigenvalue weighted by Crippen LogP contribution is -2.48. The Morgan fingerprint density at radius 1 is 1.53 bits per heavy atom. The smallest absolute Gasteiger partial charge is 0.186 e. The van der Waals surface area contributed by atoms with Crippen molar-refractivity contribution in [2.24, 2.45) is 0 Å². The predicted octanol–water partition coefficient (Wildman–Crippen LogP) is 2.91. The number of aldehydes is 1. The average Bonchev–Trinajstić information content (AvgIpc) is 2.82. The molecule has 1 aliphatic rings. The van der Waals surface area contributed by atoms with Crippen LogP contribution in [0.4, 0.5) is 5.13 Å². The fraction of sp³-hybridized carbons (Fsp3) is 0.714. The van der Waals surface area contributed by atoms with E-state index in [4.69, 9.17) is 4.74 Å². The fourth-order valence-corrected chi connectivity index (χ4v) is 3.41. The number of hydrogen-bond donors (Lipinski definition) is 0. The molecule has 1 aromatic heterocycles. The van der Waals surface area contributed by atoms with E-state index >= 15 is 0 Å². The van der Waals surface area contributed by atoms with E-state index in [1.54, 1.807) is 0 Å². The number of carbonyl (C=O) groups excluding carboxylic acids is 1. The number of rotatable bonds is 5. The van der Waals surface area contributed by atoms with Gasteiger partial charge in [0.2, 0.25) is 0 Å². The second kappa shape index (κ2) is 6.48. The first-order valence-corrected chi connectivity index (χ1v) is 7.84. The molecule has 0 aromatic carbocycles. The molecule has 2 unspecified atom stereocenters. The summed E-state index contributed by atoms with van der Waals surface area (Å²) >= 11 is 1.52. The van der Waals surface area contributed by atoms with Crippen molar-refractivity contribution in [2.45, 2.75) is 52.2 Å². The zero-order valence-corrected chi connectivity index (χ0v) is 12.7. The minimum atomic E-state index is 0.223. The number of carbonyl (C=O) groups is 1. The molecule has 0 radical (unpaired) electrons. The van der Waals surface area contributed by atoms with Crippen LogP contribution in [0, 0.1) is 0 Å². The second-order valence-electron chi connectivity index (χ2n) is 5.03. The first kappa shape index (κ1) is 14.5. The third-order valence-electron chi connectivity index (χ3n) is 3.49. The molecule has 2 heterocycles. The number of morpholine rings is 1. The number of aryl methyl sites for hydroxylation is 1. The molecule has 2 atom stereocenters. The van der Waals surface area contributed by atoms with Gasteiger partial charge in [0.05, 0.1) is 29.3 Å². The number of anilines is 1. The maximum atomic E-state index is 11.1. The SMILES string of the molecule is CCCc1nc(N2CC(C)OCC2CC)sc1C=O. The van der Waals surface area contributed by atoms with Crippen LogP contribution in [0.5, 0.6) is 0 Å². The molecule has 106 valence electrons. The van der Waals surface area contributed by atoms with Gasteiger partial charge in [-0.2, -0.15) is 0 Å². The van der Waals surface area contributed by atoms with E-state index < -0.39 is 0 Å². The van der Waals surface area contributed by atoms with Gasteiger partial charge in [0, 0.05) is 6.54 Å². The minimum absolute atomic E-state index is 0.223. The van der Waals surface area contributed by atoms with Crippen LogP contribution < -0.4 is 4.90 Å². The molecule has 4 nitrogen and oxygen atoms in total. The summed E-state index contributed by atoms with van der Waals surface area (Å²) < 4.78 is 5.71. The third kappa shape index (κ3) is 3.15. The van der Waals surface area contributed by atoms with Gasteiger partial charge in [-0.3, -0.25) is 4.79 Å². The largest absolute Gasteiger partial charge is 0.375 e. The van der Waals surface area contributed by atoms with Crippen LogP contribution in [0.15, 0.2) is 0 Å². The molecule has 0 spiro atoms. The van der Waals surface area contributed by atoms with Crippen molar-refractivity contribution in [3.63, 3.8) is 0 Å².